The zero-order valence-corrected chi connectivity index (χ0v) is 21.7. The van der Waals surface area contributed by atoms with E-state index in [1.54, 1.807) is 0 Å². The summed E-state index contributed by atoms with van der Waals surface area (Å²) in [6.45, 7) is 5.28. The Morgan fingerprint density at radius 3 is 2.12 bits per heavy atom. The van der Waals surface area contributed by atoms with E-state index >= 15 is 0 Å². The molecular weight excluding hydrogens is 440 g/mol. The molecule has 0 spiro atoms. The molecule has 0 aliphatic carbocycles. The van der Waals surface area contributed by atoms with Gasteiger partial charge in [0.25, 0.3) is 0 Å². The van der Waals surface area contributed by atoms with Crippen LogP contribution < -0.4 is 9.47 Å². The van der Waals surface area contributed by atoms with Crippen LogP contribution in [-0.2, 0) is 0 Å². The topological polar surface area (TPSA) is 44.2 Å². The van der Waals surface area contributed by atoms with Crippen molar-refractivity contribution >= 4 is 22.8 Å². The number of fused-ring (bicyclic) bond motifs is 1. The summed E-state index contributed by atoms with van der Waals surface area (Å²) in [6.07, 6.45) is 15.7. The van der Waals surface area contributed by atoms with E-state index in [0.717, 1.165) is 29.1 Å². The molecule has 0 amide bonds. The maximum absolute atomic E-state index is 6.41. The number of unbranched alkanes of at least 4 members (excludes halogenated alkanes) is 8. The number of nitrogens with zero attached hydrogens (tertiary/aromatic N) is 2. The van der Waals surface area contributed by atoms with Crippen molar-refractivity contribution in [3.8, 4) is 17.2 Å². The van der Waals surface area contributed by atoms with Crippen LogP contribution in [0.2, 0.25) is 0 Å². The molecule has 5 heteroatoms. The molecule has 0 aliphatic heterocycles. The number of ether oxygens (including phenoxy) is 2. The summed E-state index contributed by atoms with van der Waals surface area (Å²) < 4.78 is 21.5. The van der Waals surface area contributed by atoms with Gasteiger partial charge in [-0.3, -0.25) is 0 Å². The number of aromatic nitrogens is 2. The Morgan fingerprint density at radius 1 is 0.765 bits per heavy atom. The Labute approximate surface area is 211 Å². The SMILES string of the molecule is CCCCCCCCC(CCCCCC)COc1ccc2nsnc2c1Oc1ccccc1.[C]. The van der Waals surface area contributed by atoms with Gasteiger partial charge in [-0.05, 0) is 43.0 Å². The van der Waals surface area contributed by atoms with Crippen molar-refractivity contribution in [2.24, 2.45) is 5.92 Å². The molecule has 0 bridgehead atoms. The van der Waals surface area contributed by atoms with Crippen LogP contribution >= 0.6 is 11.7 Å². The van der Waals surface area contributed by atoms with E-state index < -0.39 is 0 Å². The highest BCUT2D eigenvalue weighted by Crippen LogP contribution is 2.38. The molecule has 1 unspecified atom stereocenters. The zero-order chi connectivity index (χ0) is 23.1. The van der Waals surface area contributed by atoms with E-state index in [9.17, 15) is 0 Å². The predicted molar refractivity (Wildman–Crippen MR) is 143 cm³/mol. The first-order chi connectivity index (χ1) is 16.3. The first-order valence-electron chi connectivity index (χ1n) is 12.9. The molecule has 1 heterocycles. The summed E-state index contributed by atoms with van der Waals surface area (Å²) in [5.74, 6) is 2.81. The third-order valence-corrected chi connectivity index (χ3v) is 6.76. The van der Waals surface area contributed by atoms with E-state index in [0.29, 0.717) is 11.7 Å². The summed E-state index contributed by atoms with van der Waals surface area (Å²) in [6, 6.07) is 13.8. The monoisotopic (exact) mass is 480 g/mol. The molecule has 184 valence electrons. The van der Waals surface area contributed by atoms with Crippen LogP contribution in [0.3, 0.4) is 0 Å². The number of rotatable bonds is 17. The molecule has 4 radical (unpaired) electrons. The van der Waals surface area contributed by atoms with E-state index in [2.05, 4.69) is 22.6 Å². The van der Waals surface area contributed by atoms with Crippen LogP contribution in [0.15, 0.2) is 42.5 Å². The van der Waals surface area contributed by atoms with Crippen molar-refractivity contribution in [1.82, 2.24) is 8.75 Å². The van der Waals surface area contributed by atoms with Crippen molar-refractivity contribution in [3.63, 3.8) is 0 Å². The van der Waals surface area contributed by atoms with E-state index in [-0.39, 0.29) is 7.43 Å². The minimum Gasteiger partial charge on any atom is -0.489 e. The molecule has 1 atom stereocenters. The summed E-state index contributed by atoms with van der Waals surface area (Å²) in [4.78, 5) is 0. The molecule has 1 aromatic heterocycles. The third kappa shape index (κ3) is 9.25. The van der Waals surface area contributed by atoms with E-state index in [4.69, 9.17) is 9.47 Å². The van der Waals surface area contributed by atoms with Crippen LogP contribution in [0.5, 0.6) is 17.2 Å². The number of benzene rings is 2. The molecule has 34 heavy (non-hydrogen) atoms. The highest BCUT2D eigenvalue weighted by molar-refractivity contribution is 7.00. The van der Waals surface area contributed by atoms with Gasteiger partial charge in [0, 0.05) is 7.43 Å². The Morgan fingerprint density at radius 2 is 1.41 bits per heavy atom. The molecule has 0 aliphatic rings. The van der Waals surface area contributed by atoms with Gasteiger partial charge in [-0.15, -0.1) is 0 Å². The summed E-state index contributed by atoms with van der Waals surface area (Å²) in [5, 5.41) is 0. The van der Waals surface area contributed by atoms with Gasteiger partial charge >= 0.3 is 0 Å². The van der Waals surface area contributed by atoms with E-state index in [1.165, 1.54) is 88.8 Å². The molecule has 4 nitrogen and oxygen atoms in total. The standard InChI is InChI=1S/C28H40N2O2S.C/c1-3-5-7-9-10-13-17-23(16-12-8-6-4-2)22-31-26-21-20-25-27(30-33-29-25)28(26)32-24-18-14-11-15-19-24;/h11,14-15,18-21,23H,3-10,12-13,16-17,22H2,1-2H3;. The minimum absolute atomic E-state index is 0. The first kappa shape index (κ1) is 28.1. The quantitative estimate of drug-likeness (QED) is 0.181. The van der Waals surface area contributed by atoms with Crippen molar-refractivity contribution in [2.45, 2.75) is 90.9 Å². The fraction of sp³-hybridized carbons (Fsp3) is 0.552. The van der Waals surface area contributed by atoms with Gasteiger partial charge in [-0.2, -0.15) is 8.75 Å². The lowest BCUT2D eigenvalue weighted by atomic mass is 9.95. The second kappa shape index (κ2) is 16.5. The lowest BCUT2D eigenvalue weighted by Crippen LogP contribution is -2.13. The molecule has 3 rings (SSSR count). The second-order valence-corrected chi connectivity index (χ2v) is 9.55. The van der Waals surface area contributed by atoms with Gasteiger partial charge in [0.05, 0.1) is 18.3 Å². The van der Waals surface area contributed by atoms with Crippen LogP contribution in [0.4, 0.5) is 0 Å². The smallest absolute Gasteiger partial charge is 0.198 e. The summed E-state index contributed by atoms with van der Waals surface area (Å²) in [7, 11) is 0. The Balaban J connectivity index is 0.00000408. The number of para-hydroxylation sites is 1. The van der Waals surface area contributed by atoms with Gasteiger partial charge in [0.2, 0.25) is 0 Å². The maximum atomic E-state index is 6.41. The highest BCUT2D eigenvalue weighted by atomic mass is 32.1. The molecule has 0 saturated heterocycles. The third-order valence-electron chi connectivity index (χ3n) is 6.21. The van der Waals surface area contributed by atoms with Crippen molar-refractivity contribution in [1.29, 1.82) is 0 Å². The lowest BCUT2D eigenvalue weighted by molar-refractivity contribution is 0.219. The first-order valence-corrected chi connectivity index (χ1v) is 13.7. The Hall–Kier alpha value is -2.14. The van der Waals surface area contributed by atoms with Gasteiger partial charge in [-0.25, -0.2) is 0 Å². The lowest BCUT2D eigenvalue weighted by Gasteiger charge is -2.19. The highest BCUT2D eigenvalue weighted by Gasteiger charge is 2.17. The van der Waals surface area contributed by atoms with Crippen molar-refractivity contribution in [2.75, 3.05) is 6.61 Å². The summed E-state index contributed by atoms with van der Waals surface area (Å²) >= 11 is 1.21. The molecule has 3 aromatic rings. The Bertz CT molecular complexity index is 913. The average molecular weight is 481 g/mol. The van der Waals surface area contributed by atoms with Gasteiger partial charge in [0.1, 0.15) is 11.3 Å². The second-order valence-electron chi connectivity index (χ2n) is 9.02. The molecular formula is C29H40N2O2S. The fourth-order valence-corrected chi connectivity index (χ4v) is 4.75. The number of hydrogen-bond donors (Lipinski definition) is 0. The van der Waals surface area contributed by atoms with Gasteiger partial charge in [0.15, 0.2) is 17.0 Å². The van der Waals surface area contributed by atoms with Crippen LogP contribution in [0, 0.1) is 13.3 Å². The summed E-state index contributed by atoms with van der Waals surface area (Å²) in [5.41, 5.74) is 1.62. The largest absolute Gasteiger partial charge is 0.489 e. The maximum Gasteiger partial charge on any atom is 0.198 e. The van der Waals surface area contributed by atoms with Crippen LogP contribution in [0.25, 0.3) is 11.0 Å². The number of hydrogen-bond acceptors (Lipinski definition) is 5. The molecule has 2 aromatic carbocycles. The minimum atomic E-state index is 0. The molecule has 0 N–H and O–H groups in total. The molecule has 0 saturated carbocycles. The van der Waals surface area contributed by atoms with Crippen molar-refractivity contribution < 1.29 is 9.47 Å². The van der Waals surface area contributed by atoms with Crippen molar-refractivity contribution in [3.05, 3.63) is 49.9 Å². The average Bonchev–Trinajstić information content (AvgIpc) is 3.33. The Kier molecular flexibility index (Phi) is 13.6. The van der Waals surface area contributed by atoms with Gasteiger partial charge < -0.3 is 9.47 Å². The van der Waals surface area contributed by atoms with E-state index in [1.807, 2.05) is 42.5 Å². The predicted octanol–water partition coefficient (Wildman–Crippen LogP) is 9.28. The zero-order valence-electron chi connectivity index (χ0n) is 20.9. The molecule has 0 fully saturated rings. The normalized spacial score (nSPS) is 11.8. The van der Waals surface area contributed by atoms with Crippen LogP contribution in [0.1, 0.15) is 90.9 Å². The fourth-order valence-electron chi connectivity index (χ4n) is 4.22. The van der Waals surface area contributed by atoms with Gasteiger partial charge in [-0.1, -0.05) is 96.3 Å². The van der Waals surface area contributed by atoms with Crippen LogP contribution in [-0.4, -0.2) is 15.4 Å².